The highest BCUT2D eigenvalue weighted by molar-refractivity contribution is 7.99. The molecule has 3 aromatic heterocycles. The molecule has 0 radical (unpaired) electrons. The number of hydrogen-bond acceptors (Lipinski definition) is 6. The molecular weight excluding hydrogens is 314 g/mol. The molecule has 0 aliphatic heterocycles. The lowest BCUT2D eigenvalue weighted by molar-refractivity contribution is 0.722. The van der Waals surface area contributed by atoms with E-state index in [0.717, 1.165) is 21.8 Å². The third-order valence-corrected chi connectivity index (χ3v) is 5.16. The van der Waals surface area contributed by atoms with Crippen molar-refractivity contribution < 1.29 is 0 Å². The van der Waals surface area contributed by atoms with E-state index in [1.807, 2.05) is 36.1 Å². The van der Waals surface area contributed by atoms with Crippen LogP contribution in [0.4, 0.5) is 0 Å². The maximum Gasteiger partial charge on any atom is 0.191 e. The van der Waals surface area contributed by atoms with Gasteiger partial charge >= 0.3 is 0 Å². The third kappa shape index (κ3) is 3.86. The quantitative estimate of drug-likeness (QED) is 0.647. The molecule has 0 N–H and O–H groups in total. The number of nitrogens with zero attached hydrogens (tertiary/aromatic N) is 5. The Morgan fingerprint density at radius 2 is 1.36 bits per heavy atom. The summed E-state index contributed by atoms with van der Waals surface area (Å²) in [5.41, 5.74) is 2.36. The predicted octanol–water partition coefficient (Wildman–Crippen LogP) is 3.19. The first kappa shape index (κ1) is 15.1. The summed E-state index contributed by atoms with van der Waals surface area (Å²) >= 11 is 3.33. The SMILES string of the molecule is Cn1c(SCc2cccnc2)nnc1SCc1cccnc1. The lowest BCUT2D eigenvalue weighted by Gasteiger charge is -2.03. The third-order valence-electron chi connectivity index (χ3n) is 2.98. The molecule has 3 heterocycles. The van der Waals surface area contributed by atoms with Crippen LogP contribution in [0.15, 0.2) is 59.4 Å². The molecule has 0 aromatic carbocycles. The van der Waals surface area contributed by atoms with Gasteiger partial charge in [0.05, 0.1) is 0 Å². The highest BCUT2D eigenvalue weighted by Crippen LogP contribution is 2.26. The summed E-state index contributed by atoms with van der Waals surface area (Å²) in [5, 5.41) is 10.4. The minimum absolute atomic E-state index is 0.840. The van der Waals surface area contributed by atoms with Crippen molar-refractivity contribution in [1.82, 2.24) is 24.7 Å². The van der Waals surface area contributed by atoms with Crippen molar-refractivity contribution in [1.29, 1.82) is 0 Å². The van der Waals surface area contributed by atoms with Gasteiger partial charge in [-0.3, -0.25) is 9.97 Å². The molecule has 0 atom stereocenters. The summed E-state index contributed by atoms with van der Waals surface area (Å²) in [5.74, 6) is 1.68. The van der Waals surface area contributed by atoms with E-state index in [-0.39, 0.29) is 0 Å². The van der Waals surface area contributed by atoms with Crippen molar-refractivity contribution in [2.24, 2.45) is 7.05 Å². The predicted molar refractivity (Wildman–Crippen MR) is 88.6 cm³/mol. The van der Waals surface area contributed by atoms with Crippen LogP contribution in [0.1, 0.15) is 11.1 Å². The molecule has 5 nitrogen and oxygen atoms in total. The molecule has 0 saturated carbocycles. The summed E-state index contributed by atoms with van der Waals surface area (Å²) in [6.45, 7) is 0. The van der Waals surface area contributed by atoms with E-state index in [1.54, 1.807) is 35.9 Å². The van der Waals surface area contributed by atoms with Gasteiger partial charge in [0.2, 0.25) is 0 Å². The van der Waals surface area contributed by atoms with E-state index in [9.17, 15) is 0 Å². The summed E-state index contributed by atoms with van der Waals surface area (Å²) < 4.78 is 2.03. The van der Waals surface area contributed by atoms with Crippen LogP contribution in [0.2, 0.25) is 0 Å². The molecule has 3 aromatic rings. The van der Waals surface area contributed by atoms with Crippen molar-refractivity contribution in [2.75, 3.05) is 0 Å². The van der Waals surface area contributed by atoms with Gasteiger partial charge in [-0.05, 0) is 23.3 Å². The minimum Gasteiger partial charge on any atom is -0.300 e. The van der Waals surface area contributed by atoms with Gasteiger partial charge in [-0.2, -0.15) is 0 Å². The number of pyridine rings is 2. The second kappa shape index (κ2) is 7.42. The number of hydrogen-bond donors (Lipinski definition) is 0. The molecule has 0 saturated heterocycles. The van der Waals surface area contributed by atoms with Crippen LogP contribution < -0.4 is 0 Å². The van der Waals surface area contributed by atoms with E-state index in [0.29, 0.717) is 0 Å². The second-order valence-corrected chi connectivity index (χ2v) is 6.51. The molecule has 112 valence electrons. The molecule has 7 heteroatoms. The van der Waals surface area contributed by atoms with Gasteiger partial charge in [-0.1, -0.05) is 35.7 Å². The summed E-state index contributed by atoms with van der Waals surface area (Å²) in [4.78, 5) is 8.24. The normalized spacial score (nSPS) is 10.8. The first-order chi connectivity index (χ1) is 10.8. The maximum absolute atomic E-state index is 4.26. The first-order valence-corrected chi connectivity index (χ1v) is 8.73. The standard InChI is InChI=1S/C15H15N5S2/c1-20-14(21-10-12-4-2-6-16-8-12)18-19-15(20)22-11-13-5-3-7-17-9-13/h2-9H,10-11H2,1H3. The first-order valence-electron chi connectivity index (χ1n) is 6.76. The zero-order valence-corrected chi connectivity index (χ0v) is 13.7. The van der Waals surface area contributed by atoms with Crippen LogP contribution in [0.25, 0.3) is 0 Å². The summed E-state index contributed by atoms with van der Waals surface area (Å²) in [6.07, 6.45) is 7.32. The summed E-state index contributed by atoms with van der Waals surface area (Å²) in [7, 11) is 2.00. The van der Waals surface area contributed by atoms with Crippen molar-refractivity contribution in [3.63, 3.8) is 0 Å². The Hall–Kier alpha value is -1.86. The molecule has 0 unspecified atom stereocenters. The summed E-state index contributed by atoms with van der Waals surface area (Å²) in [6, 6.07) is 8.02. The molecule has 0 bridgehead atoms. The van der Waals surface area contributed by atoms with Gasteiger partial charge in [0.1, 0.15) is 0 Å². The van der Waals surface area contributed by atoms with Crippen molar-refractivity contribution >= 4 is 23.5 Å². The number of aromatic nitrogens is 5. The van der Waals surface area contributed by atoms with Crippen molar-refractivity contribution in [3.8, 4) is 0 Å². The molecule has 0 aliphatic carbocycles. The Bertz CT molecular complexity index is 654. The Kier molecular flexibility index (Phi) is 5.07. The van der Waals surface area contributed by atoms with Crippen LogP contribution >= 0.6 is 23.5 Å². The zero-order chi connectivity index (χ0) is 15.2. The van der Waals surface area contributed by atoms with E-state index >= 15 is 0 Å². The monoisotopic (exact) mass is 329 g/mol. The highest BCUT2D eigenvalue weighted by Gasteiger charge is 2.10. The molecule has 0 aliphatic rings. The Morgan fingerprint density at radius 3 is 1.77 bits per heavy atom. The van der Waals surface area contributed by atoms with Gasteiger partial charge in [-0.25, -0.2) is 0 Å². The van der Waals surface area contributed by atoms with Gasteiger partial charge in [-0.15, -0.1) is 10.2 Å². The Morgan fingerprint density at radius 1 is 0.864 bits per heavy atom. The topological polar surface area (TPSA) is 56.5 Å². The molecule has 0 amide bonds. The molecular formula is C15H15N5S2. The molecule has 22 heavy (non-hydrogen) atoms. The minimum atomic E-state index is 0.840. The van der Waals surface area contributed by atoms with Gasteiger partial charge < -0.3 is 4.57 Å². The Labute approximate surface area is 137 Å². The van der Waals surface area contributed by atoms with E-state index < -0.39 is 0 Å². The maximum atomic E-state index is 4.26. The largest absolute Gasteiger partial charge is 0.300 e. The number of thioether (sulfide) groups is 2. The molecule has 3 rings (SSSR count). The van der Waals surface area contributed by atoms with Crippen LogP contribution in [-0.2, 0) is 18.6 Å². The van der Waals surface area contributed by atoms with E-state index in [1.165, 1.54) is 11.1 Å². The van der Waals surface area contributed by atoms with Gasteiger partial charge in [0.25, 0.3) is 0 Å². The van der Waals surface area contributed by atoms with E-state index in [4.69, 9.17) is 0 Å². The van der Waals surface area contributed by atoms with E-state index in [2.05, 4.69) is 32.3 Å². The Balaban J connectivity index is 1.60. The average Bonchev–Trinajstić information content (AvgIpc) is 2.93. The van der Waals surface area contributed by atoms with Gasteiger partial charge in [0.15, 0.2) is 10.3 Å². The second-order valence-electron chi connectivity index (χ2n) is 4.62. The smallest absolute Gasteiger partial charge is 0.191 e. The fourth-order valence-corrected chi connectivity index (χ4v) is 3.56. The lowest BCUT2D eigenvalue weighted by Crippen LogP contribution is -1.94. The highest BCUT2D eigenvalue weighted by atomic mass is 32.2. The van der Waals surface area contributed by atoms with Crippen LogP contribution in [0, 0.1) is 0 Å². The van der Waals surface area contributed by atoms with Crippen LogP contribution in [0.5, 0.6) is 0 Å². The average molecular weight is 329 g/mol. The number of rotatable bonds is 6. The van der Waals surface area contributed by atoms with Crippen molar-refractivity contribution in [2.45, 2.75) is 21.8 Å². The van der Waals surface area contributed by atoms with Crippen LogP contribution in [0.3, 0.4) is 0 Å². The fourth-order valence-electron chi connectivity index (χ4n) is 1.82. The molecule has 0 fully saturated rings. The zero-order valence-electron chi connectivity index (χ0n) is 12.1. The lowest BCUT2D eigenvalue weighted by atomic mass is 10.3. The fraction of sp³-hybridized carbons (Fsp3) is 0.200. The van der Waals surface area contributed by atoms with Crippen molar-refractivity contribution in [3.05, 3.63) is 60.2 Å². The molecule has 0 spiro atoms. The van der Waals surface area contributed by atoms with Gasteiger partial charge in [0, 0.05) is 43.3 Å². The van der Waals surface area contributed by atoms with Crippen LogP contribution in [-0.4, -0.2) is 24.7 Å².